The summed E-state index contributed by atoms with van der Waals surface area (Å²) in [6.45, 7) is 5.90. The maximum Gasteiger partial charge on any atom is 0.243 e. The van der Waals surface area contributed by atoms with Gasteiger partial charge in [-0.3, -0.25) is 9.59 Å². The molecule has 0 spiro atoms. The molecule has 0 aromatic heterocycles. The lowest BCUT2D eigenvalue weighted by Gasteiger charge is -2.31. The van der Waals surface area contributed by atoms with Gasteiger partial charge in [-0.2, -0.15) is 0 Å². The van der Waals surface area contributed by atoms with E-state index in [0.29, 0.717) is 17.2 Å². The summed E-state index contributed by atoms with van der Waals surface area (Å²) in [5, 5.41) is 3.57. The minimum atomic E-state index is -0.592. The molecule has 0 saturated heterocycles. The second-order valence-electron chi connectivity index (χ2n) is 7.32. The molecule has 1 atom stereocenters. The van der Waals surface area contributed by atoms with E-state index in [4.69, 9.17) is 11.6 Å². The molecule has 7 heteroatoms. The molecule has 4 nitrogen and oxygen atoms in total. The van der Waals surface area contributed by atoms with Crippen molar-refractivity contribution in [1.29, 1.82) is 0 Å². The van der Waals surface area contributed by atoms with Gasteiger partial charge >= 0.3 is 0 Å². The van der Waals surface area contributed by atoms with Gasteiger partial charge in [0.25, 0.3) is 0 Å². The summed E-state index contributed by atoms with van der Waals surface area (Å²) in [5.41, 5.74) is 1.74. The molecular formula is C23H28ClFN2O2S. The fourth-order valence-electron chi connectivity index (χ4n) is 3.03. The van der Waals surface area contributed by atoms with E-state index in [0.717, 1.165) is 11.1 Å². The van der Waals surface area contributed by atoms with E-state index in [-0.39, 0.29) is 36.0 Å². The highest BCUT2D eigenvalue weighted by Crippen LogP contribution is 2.22. The number of hydrogen-bond donors (Lipinski definition) is 1. The molecule has 2 aromatic carbocycles. The third-order valence-corrected chi connectivity index (χ3v) is 5.86. The van der Waals surface area contributed by atoms with Crippen molar-refractivity contribution in [2.75, 3.05) is 5.75 Å². The monoisotopic (exact) mass is 450 g/mol. The fraction of sp³-hybridized carbons (Fsp3) is 0.391. The van der Waals surface area contributed by atoms with Crippen LogP contribution in [0.25, 0.3) is 0 Å². The number of hydrogen-bond acceptors (Lipinski definition) is 3. The van der Waals surface area contributed by atoms with Crippen molar-refractivity contribution in [2.24, 2.45) is 0 Å². The Balaban J connectivity index is 2.13. The van der Waals surface area contributed by atoms with Gasteiger partial charge in [-0.25, -0.2) is 4.39 Å². The van der Waals surface area contributed by atoms with Crippen molar-refractivity contribution in [3.63, 3.8) is 0 Å². The van der Waals surface area contributed by atoms with Gasteiger partial charge < -0.3 is 10.2 Å². The summed E-state index contributed by atoms with van der Waals surface area (Å²) in [5.74, 6) is 0.167. The molecule has 0 fully saturated rings. The van der Waals surface area contributed by atoms with Gasteiger partial charge in [0.1, 0.15) is 11.9 Å². The van der Waals surface area contributed by atoms with Gasteiger partial charge in [-0.05, 0) is 49.6 Å². The van der Waals surface area contributed by atoms with Gasteiger partial charge in [-0.1, -0.05) is 48.9 Å². The second kappa shape index (κ2) is 12.0. The molecule has 2 aromatic rings. The third kappa shape index (κ3) is 7.33. The summed E-state index contributed by atoms with van der Waals surface area (Å²) in [7, 11) is 0. The molecule has 162 valence electrons. The van der Waals surface area contributed by atoms with Crippen molar-refractivity contribution in [1.82, 2.24) is 10.2 Å². The Morgan fingerprint density at radius 1 is 1.13 bits per heavy atom. The van der Waals surface area contributed by atoms with Crippen LogP contribution >= 0.6 is 23.4 Å². The van der Waals surface area contributed by atoms with Crippen LogP contribution in [0.3, 0.4) is 0 Å². The molecule has 0 radical (unpaired) electrons. The summed E-state index contributed by atoms with van der Waals surface area (Å²) in [6, 6.07) is 12.9. The smallest absolute Gasteiger partial charge is 0.243 e. The number of nitrogens with zero attached hydrogens (tertiary/aromatic N) is 1. The molecule has 0 aliphatic heterocycles. The average molecular weight is 451 g/mol. The van der Waals surface area contributed by atoms with E-state index in [9.17, 15) is 14.0 Å². The van der Waals surface area contributed by atoms with Gasteiger partial charge in [-0.15, -0.1) is 11.8 Å². The molecule has 2 amide bonds. The highest BCUT2D eigenvalue weighted by molar-refractivity contribution is 7.99. The van der Waals surface area contributed by atoms with Crippen molar-refractivity contribution in [2.45, 2.75) is 51.6 Å². The van der Waals surface area contributed by atoms with Crippen LogP contribution in [0.1, 0.15) is 38.3 Å². The molecular weight excluding hydrogens is 423 g/mol. The first-order valence-corrected chi connectivity index (χ1v) is 11.5. The van der Waals surface area contributed by atoms with Gasteiger partial charge in [0.15, 0.2) is 0 Å². The Hall–Kier alpha value is -2.05. The number of nitrogens with one attached hydrogen (secondary N) is 1. The normalized spacial score (nSPS) is 11.9. The number of rotatable bonds is 10. The van der Waals surface area contributed by atoms with Crippen LogP contribution in [0.5, 0.6) is 0 Å². The molecule has 0 saturated carbocycles. The molecule has 1 unspecified atom stereocenters. The van der Waals surface area contributed by atoms with E-state index < -0.39 is 6.04 Å². The van der Waals surface area contributed by atoms with Crippen LogP contribution < -0.4 is 5.32 Å². The topological polar surface area (TPSA) is 49.4 Å². The van der Waals surface area contributed by atoms with E-state index in [1.165, 1.54) is 23.9 Å². The lowest BCUT2D eigenvalue weighted by Crippen LogP contribution is -2.50. The lowest BCUT2D eigenvalue weighted by molar-refractivity contribution is -0.139. The minimum absolute atomic E-state index is 0.0241. The van der Waals surface area contributed by atoms with Gasteiger partial charge in [0, 0.05) is 23.4 Å². The van der Waals surface area contributed by atoms with Crippen LogP contribution in [0, 0.1) is 5.82 Å². The van der Waals surface area contributed by atoms with Crippen molar-refractivity contribution in [3.8, 4) is 0 Å². The maximum absolute atomic E-state index is 13.3. The highest BCUT2D eigenvalue weighted by Gasteiger charge is 2.28. The highest BCUT2D eigenvalue weighted by atomic mass is 35.5. The molecule has 30 heavy (non-hydrogen) atoms. The van der Waals surface area contributed by atoms with Crippen LogP contribution in [0.2, 0.25) is 5.02 Å². The molecule has 0 aliphatic carbocycles. The zero-order valence-electron chi connectivity index (χ0n) is 17.5. The Bertz CT molecular complexity index is 845. The first-order chi connectivity index (χ1) is 14.3. The molecule has 0 aliphatic rings. The second-order valence-corrected chi connectivity index (χ2v) is 8.71. The SMILES string of the molecule is CCC(C(=O)NC(C)C)N(Cc1ccc(F)cc1)C(=O)CSCc1ccccc1Cl. The Labute approximate surface area is 187 Å². The van der Waals surface area contributed by atoms with Gasteiger partial charge in [0.05, 0.1) is 5.75 Å². The fourth-order valence-corrected chi connectivity index (χ4v) is 4.23. The first kappa shape index (κ1) is 24.2. The van der Waals surface area contributed by atoms with Crippen LogP contribution in [0.15, 0.2) is 48.5 Å². The number of carbonyl (C=O) groups is 2. The molecule has 1 N–H and O–H groups in total. The van der Waals surface area contributed by atoms with Crippen molar-refractivity contribution >= 4 is 35.2 Å². The largest absolute Gasteiger partial charge is 0.352 e. The van der Waals surface area contributed by atoms with E-state index in [2.05, 4.69) is 5.32 Å². The molecule has 0 heterocycles. The Kier molecular flexibility index (Phi) is 9.66. The van der Waals surface area contributed by atoms with Gasteiger partial charge in [0.2, 0.25) is 11.8 Å². The Morgan fingerprint density at radius 3 is 2.40 bits per heavy atom. The number of benzene rings is 2. The van der Waals surface area contributed by atoms with Crippen LogP contribution in [0.4, 0.5) is 4.39 Å². The molecule has 0 bridgehead atoms. The van der Waals surface area contributed by atoms with E-state index >= 15 is 0 Å². The Morgan fingerprint density at radius 2 is 1.80 bits per heavy atom. The van der Waals surface area contributed by atoms with Crippen molar-refractivity contribution < 1.29 is 14.0 Å². The van der Waals surface area contributed by atoms with Crippen LogP contribution in [-0.4, -0.2) is 34.6 Å². The first-order valence-electron chi connectivity index (χ1n) is 9.97. The number of halogens is 2. The quantitative estimate of drug-likeness (QED) is 0.551. The average Bonchev–Trinajstić information content (AvgIpc) is 2.70. The number of thioether (sulfide) groups is 1. The number of amides is 2. The summed E-state index contributed by atoms with van der Waals surface area (Å²) >= 11 is 7.65. The van der Waals surface area contributed by atoms with Crippen molar-refractivity contribution in [3.05, 3.63) is 70.5 Å². The molecule has 2 rings (SSSR count). The predicted octanol–water partition coefficient (Wildman–Crippen LogP) is 5.04. The van der Waals surface area contributed by atoms with Crippen LogP contribution in [-0.2, 0) is 21.9 Å². The summed E-state index contributed by atoms with van der Waals surface area (Å²) in [4.78, 5) is 27.4. The summed E-state index contributed by atoms with van der Waals surface area (Å²) in [6.07, 6.45) is 0.487. The zero-order chi connectivity index (χ0) is 22.1. The third-order valence-electron chi connectivity index (χ3n) is 4.52. The van der Waals surface area contributed by atoms with E-state index in [1.807, 2.05) is 45.0 Å². The standard InChI is InChI=1S/C23H28ClFN2O2S/c1-4-21(23(29)26-16(2)3)27(13-17-9-11-19(25)12-10-17)22(28)15-30-14-18-7-5-6-8-20(18)24/h5-12,16,21H,4,13-15H2,1-3H3,(H,26,29). The summed E-state index contributed by atoms with van der Waals surface area (Å²) < 4.78 is 13.3. The zero-order valence-corrected chi connectivity index (χ0v) is 19.1. The maximum atomic E-state index is 13.3. The predicted molar refractivity (Wildman–Crippen MR) is 122 cm³/mol. The number of carbonyl (C=O) groups excluding carboxylic acids is 2. The lowest BCUT2D eigenvalue weighted by atomic mass is 10.1. The van der Waals surface area contributed by atoms with E-state index in [1.54, 1.807) is 17.0 Å². The minimum Gasteiger partial charge on any atom is -0.352 e.